The Morgan fingerprint density at radius 2 is 1.78 bits per heavy atom. The molecule has 1 saturated heterocycles. The van der Waals surface area contributed by atoms with E-state index in [4.69, 9.17) is 16.3 Å². The van der Waals surface area contributed by atoms with Crippen molar-refractivity contribution in [1.29, 1.82) is 0 Å². The third-order valence-corrected chi connectivity index (χ3v) is 7.52. The van der Waals surface area contributed by atoms with Gasteiger partial charge in [0.1, 0.15) is 6.04 Å². The number of aromatic amines is 1. The Morgan fingerprint density at radius 1 is 1.03 bits per heavy atom. The molecule has 2 aromatic carbocycles. The molecule has 0 aliphatic carbocycles. The van der Waals surface area contributed by atoms with Crippen LogP contribution < -0.4 is 10.5 Å². The molecule has 3 heterocycles. The summed E-state index contributed by atoms with van der Waals surface area (Å²) in [7, 11) is 1.65. The van der Waals surface area contributed by atoms with Crippen LogP contribution in [-0.4, -0.2) is 70.0 Å². The number of H-pyrrole nitrogens is 1. The van der Waals surface area contributed by atoms with Gasteiger partial charge >= 0.3 is 0 Å². The van der Waals surface area contributed by atoms with Crippen molar-refractivity contribution in [2.75, 3.05) is 44.8 Å². The zero-order valence-electron chi connectivity index (χ0n) is 21.7. The van der Waals surface area contributed by atoms with Crippen LogP contribution in [0.3, 0.4) is 0 Å². The molecule has 1 atom stereocenters. The lowest BCUT2D eigenvalue weighted by molar-refractivity contribution is 0.171. The minimum atomic E-state index is -0.399. The first-order valence-electron chi connectivity index (χ1n) is 12.5. The number of nitrogens with one attached hydrogen (secondary N) is 1. The maximum atomic E-state index is 13.5. The third kappa shape index (κ3) is 5.12. The maximum Gasteiger partial charge on any atom is 0.253 e. The standard InChI is InChI=1S/C27H32ClN7O2/c1-17-5-6-21(28)16-24(17)33-7-9-34(10-8-33)25(26-30-31-32-35(26)11-12-37-4)22-15-20-13-18(2)19(3)14-23(20)29-27(22)36/h5-6,13-16,25H,7-12H2,1-4H3,(H,29,36). The first kappa shape index (κ1) is 25.4. The van der Waals surface area contributed by atoms with Gasteiger partial charge in [-0.1, -0.05) is 17.7 Å². The van der Waals surface area contributed by atoms with Gasteiger partial charge in [-0.05, 0) is 83.6 Å². The van der Waals surface area contributed by atoms with Crippen LogP contribution in [0.15, 0.2) is 41.2 Å². The molecule has 37 heavy (non-hydrogen) atoms. The lowest BCUT2D eigenvalue weighted by atomic mass is 10.00. The van der Waals surface area contributed by atoms with Crippen molar-refractivity contribution >= 4 is 28.2 Å². The molecule has 9 nitrogen and oxygen atoms in total. The van der Waals surface area contributed by atoms with Crippen molar-refractivity contribution < 1.29 is 4.74 Å². The normalized spacial score (nSPS) is 15.4. The summed E-state index contributed by atoms with van der Waals surface area (Å²) in [4.78, 5) is 21.2. The molecule has 0 bridgehead atoms. The molecule has 10 heteroatoms. The molecule has 0 radical (unpaired) electrons. The number of fused-ring (bicyclic) bond motifs is 1. The SMILES string of the molecule is COCCn1nnnc1C(c1cc2cc(C)c(C)cc2[nH]c1=O)N1CCN(c2cc(Cl)ccc2C)CC1. The summed E-state index contributed by atoms with van der Waals surface area (Å²) in [5.41, 5.74) is 5.99. The summed E-state index contributed by atoms with van der Waals surface area (Å²) in [6.45, 7) is 10.3. The molecular weight excluding hydrogens is 490 g/mol. The highest BCUT2D eigenvalue weighted by Crippen LogP contribution is 2.31. The van der Waals surface area contributed by atoms with Crippen molar-refractivity contribution in [3.8, 4) is 0 Å². The summed E-state index contributed by atoms with van der Waals surface area (Å²) < 4.78 is 7.02. The smallest absolute Gasteiger partial charge is 0.253 e. The zero-order valence-corrected chi connectivity index (χ0v) is 22.4. The number of aromatic nitrogens is 5. The number of anilines is 1. The van der Waals surface area contributed by atoms with Gasteiger partial charge in [-0.3, -0.25) is 9.69 Å². The van der Waals surface area contributed by atoms with Crippen LogP contribution in [0.4, 0.5) is 5.69 Å². The first-order valence-corrected chi connectivity index (χ1v) is 12.9. The molecule has 1 aliphatic heterocycles. The van der Waals surface area contributed by atoms with Crippen LogP contribution >= 0.6 is 11.6 Å². The fraction of sp³-hybridized carbons (Fsp3) is 0.407. The third-order valence-electron chi connectivity index (χ3n) is 7.28. The maximum absolute atomic E-state index is 13.5. The average molecular weight is 522 g/mol. The molecular formula is C27H32ClN7O2. The average Bonchev–Trinajstić information content (AvgIpc) is 3.34. The molecule has 1 N–H and O–H groups in total. The number of tetrazole rings is 1. The topological polar surface area (TPSA) is 92.2 Å². The highest BCUT2D eigenvalue weighted by Gasteiger charge is 2.33. The van der Waals surface area contributed by atoms with E-state index in [2.05, 4.69) is 63.2 Å². The fourth-order valence-electron chi connectivity index (χ4n) is 5.08. The van der Waals surface area contributed by atoms with Crippen LogP contribution in [-0.2, 0) is 11.3 Å². The number of methoxy groups -OCH3 is 1. The Balaban J connectivity index is 1.53. The van der Waals surface area contributed by atoms with Crippen LogP contribution in [0.5, 0.6) is 0 Å². The highest BCUT2D eigenvalue weighted by atomic mass is 35.5. The Hall–Kier alpha value is -3.27. The van der Waals surface area contributed by atoms with Gasteiger partial charge in [-0.15, -0.1) is 5.10 Å². The van der Waals surface area contributed by atoms with E-state index in [0.717, 1.165) is 53.4 Å². The molecule has 5 rings (SSSR count). The van der Waals surface area contributed by atoms with Gasteiger partial charge in [-0.25, -0.2) is 4.68 Å². The number of rotatable bonds is 7. The summed E-state index contributed by atoms with van der Waals surface area (Å²) in [6, 6.07) is 11.7. The predicted octanol–water partition coefficient (Wildman–Crippen LogP) is 3.65. The van der Waals surface area contributed by atoms with Gasteiger partial charge in [0.05, 0.1) is 13.2 Å². The first-order chi connectivity index (χ1) is 17.9. The Kier molecular flexibility index (Phi) is 7.28. The van der Waals surface area contributed by atoms with E-state index in [1.807, 2.05) is 24.3 Å². The molecule has 1 aliphatic rings. The van der Waals surface area contributed by atoms with Crippen molar-refractivity contribution in [3.05, 3.63) is 79.9 Å². The Labute approximate surface area is 221 Å². The van der Waals surface area contributed by atoms with E-state index in [-0.39, 0.29) is 5.56 Å². The van der Waals surface area contributed by atoms with E-state index >= 15 is 0 Å². The largest absolute Gasteiger partial charge is 0.383 e. The summed E-state index contributed by atoms with van der Waals surface area (Å²) in [5, 5.41) is 14.3. The van der Waals surface area contributed by atoms with Crippen LogP contribution in [0.2, 0.25) is 5.02 Å². The molecule has 194 valence electrons. The van der Waals surface area contributed by atoms with Crippen LogP contribution in [0.1, 0.15) is 34.1 Å². The van der Waals surface area contributed by atoms with E-state index in [1.54, 1.807) is 11.8 Å². The quantitative estimate of drug-likeness (QED) is 0.397. The molecule has 4 aromatic rings. The minimum absolute atomic E-state index is 0.129. The van der Waals surface area contributed by atoms with Gasteiger partial charge in [0, 0.05) is 55.1 Å². The van der Waals surface area contributed by atoms with Crippen LogP contribution in [0, 0.1) is 20.8 Å². The van der Waals surface area contributed by atoms with Crippen molar-refractivity contribution in [2.24, 2.45) is 0 Å². The predicted molar refractivity (Wildman–Crippen MR) is 146 cm³/mol. The van der Waals surface area contributed by atoms with E-state index in [0.29, 0.717) is 24.5 Å². The van der Waals surface area contributed by atoms with Gasteiger partial charge in [0.25, 0.3) is 5.56 Å². The summed E-state index contributed by atoms with van der Waals surface area (Å²) in [6.07, 6.45) is 0. The van der Waals surface area contributed by atoms with Crippen molar-refractivity contribution in [2.45, 2.75) is 33.4 Å². The summed E-state index contributed by atoms with van der Waals surface area (Å²) in [5.74, 6) is 0.637. The second-order valence-corrected chi connectivity index (χ2v) is 10.1. The monoisotopic (exact) mass is 521 g/mol. The number of pyridine rings is 1. The number of benzene rings is 2. The molecule has 2 aromatic heterocycles. The Morgan fingerprint density at radius 3 is 2.54 bits per heavy atom. The molecule has 0 saturated carbocycles. The Bertz CT molecular complexity index is 1470. The number of ether oxygens (including phenoxy) is 1. The number of hydrogen-bond donors (Lipinski definition) is 1. The van der Waals surface area contributed by atoms with E-state index in [1.165, 1.54) is 11.1 Å². The van der Waals surface area contributed by atoms with Crippen molar-refractivity contribution in [3.63, 3.8) is 0 Å². The van der Waals surface area contributed by atoms with Gasteiger partial charge in [0.15, 0.2) is 5.82 Å². The van der Waals surface area contributed by atoms with Gasteiger partial charge in [0.2, 0.25) is 0 Å². The number of nitrogens with zero attached hydrogens (tertiary/aromatic N) is 6. The zero-order chi connectivity index (χ0) is 26.1. The van der Waals surface area contributed by atoms with Crippen LogP contribution in [0.25, 0.3) is 10.9 Å². The molecule has 1 fully saturated rings. The highest BCUT2D eigenvalue weighted by molar-refractivity contribution is 6.30. The molecule has 0 spiro atoms. The second-order valence-electron chi connectivity index (χ2n) is 9.69. The number of hydrogen-bond acceptors (Lipinski definition) is 7. The molecule has 1 unspecified atom stereocenters. The van der Waals surface area contributed by atoms with Crippen molar-refractivity contribution in [1.82, 2.24) is 30.1 Å². The lowest BCUT2D eigenvalue weighted by Crippen LogP contribution is -2.49. The number of halogens is 1. The molecule has 0 amide bonds. The number of piperazine rings is 1. The van der Waals surface area contributed by atoms with Gasteiger partial charge < -0.3 is 14.6 Å². The second kappa shape index (κ2) is 10.6. The lowest BCUT2D eigenvalue weighted by Gasteiger charge is -2.40. The van der Waals surface area contributed by atoms with E-state index < -0.39 is 6.04 Å². The summed E-state index contributed by atoms with van der Waals surface area (Å²) >= 11 is 6.30. The number of aryl methyl sites for hydroxylation is 3. The minimum Gasteiger partial charge on any atom is -0.383 e. The van der Waals surface area contributed by atoms with E-state index in [9.17, 15) is 4.79 Å². The fourth-order valence-corrected chi connectivity index (χ4v) is 5.25. The van der Waals surface area contributed by atoms with Gasteiger partial charge in [-0.2, -0.15) is 0 Å².